The van der Waals surface area contributed by atoms with Crippen LogP contribution in [0.4, 0.5) is 0 Å². The van der Waals surface area contributed by atoms with Gasteiger partial charge in [-0.2, -0.15) is 0 Å². The molecule has 1 saturated heterocycles. The van der Waals surface area contributed by atoms with Crippen LogP contribution in [0, 0.1) is 0 Å². The van der Waals surface area contributed by atoms with E-state index in [-0.39, 0.29) is 35.5 Å². The predicted molar refractivity (Wildman–Crippen MR) is 85.4 cm³/mol. The summed E-state index contributed by atoms with van der Waals surface area (Å²) in [7, 11) is 0. The van der Waals surface area contributed by atoms with Crippen LogP contribution in [0.3, 0.4) is 0 Å². The standard InChI is InChI=1S/C15H17N3O3.ClH/c1-10-9-16-6-7-18(10)15(20)11-4-5-12(17-14(11)19)13-3-2-8-21-13;/h2-5,8,10,16H,6-7,9H2,1H3,(H,17,19);1H/t10-;/m0./s1. The Labute approximate surface area is 133 Å². The van der Waals surface area contributed by atoms with E-state index in [0.29, 0.717) is 18.0 Å². The number of amides is 1. The molecule has 0 aliphatic carbocycles. The first-order chi connectivity index (χ1) is 10.2. The SMILES string of the molecule is C[C@H]1CNCCN1C(=O)c1ccc(-c2ccco2)[nH]c1=O.Cl. The number of carbonyl (C=O) groups excluding carboxylic acids is 1. The number of carbonyl (C=O) groups is 1. The van der Waals surface area contributed by atoms with Gasteiger partial charge >= 0.3 is 0 Å². The summed E-state index contributed by atoms with van der Waals surface area (Å²) in [4.78, 5) is 29.1. The Morgan fingerprint density at radius 1 is 1.36 bits per heavy atom. The molecule has 0 radical (unpaired) electrons. The molecule has 6 nitrogen and oxygen atoms in total. The molecule has 2 aromatic rings. The van der Waals surface area contributed by atoms with E-state index < -0.39 is 0 Å². The summed E-state index contributed by atoms with van der Waals surface area (Å²) >= 11 is 0. The molecule has 0 spiro atoms. The summed E-state index contributed by atoms with van der Waals surface area (Å²) in [6.45, 7) is 4.07. The zero-order valence-corrected chi connectivity index (χ0v) is 13.0. The Morgan fingerprint density at radius 3 is 2.82 bits per heavy atom. The maximum Gasteiger partial charge on any atom is 0.261 e. The molecule has 1 aliphatic rings. The second-order valence-electron chi connectivity index (χ2n) is 5.14. The Hall–Kier alpha value is -2.05. The van der Waals surface area contributed by atoms with E-state index in [1.165, 1.54) is 6.26 Å². The molecule has 0 bridgehead atoms. The molecular formula is C15H18ClN3O3. The minimum Gasteiger partial charge on any atom is -0.463 e. The summed E-state index contributed by atoms with van der Waals surface area (Å²) in [6.07, 6.45) is 1.54. The number of aromatic amines is 1. The highest BCUT2D eigenvalue weighted by Crippen LogP contribution is 2.16. The fourth-order valence-electron chi connectivity index (χ4n) is 2.52. The van der Waals surface area contributed by atoms with Gasteiger partial charge in [0, 0.05) is 25.7 Å². The molecule has 0 aromatic carbocycles. The van der Waals surface area contributed by atoms with Gasteiger partial charge in [-0.15, -0.1) is 12.4 Å². The highest BCUT2D eigenvalue weighted by atomic mass is 35.5. The molecule has 0 saturated carbocycles. The van der Waals surface area contributed by atoms with E-state index in [9.17, 15) is 9.59 Å². The number of H-pyrrole nitrogens is 1. The first-order valence-electron chi connectivity index (χ1n) is 6.95. The lowest BCUT2D eigenvalue weighted by Crippen LogP contribution is -2.53. The number of nitrogens with one attached hydrogen (secondary N) is 2. The van der Waals surface area contributed by atoms with Crippen molar-refractivity contribution >= 4 is 18.3 Å². The van der Waals surface area contributed by atoms with Gasteiger partial charge in [0.2, 0.25) is 0 Å². The topological polar surface area (TPSA) is 78.3 Å². The normalized spacial score (nSPS) is 17.9. The number of aromatic nitrogens is 1. The Balaban J connectivity index is 0.00000176. The lowest BCUT2D eigenvalue weighted by Gasteiger charge is -2.33. The summed E-state index contributed by atoms with van der Waals surface area (Å²) in [5, 5.41) is 3.22. The average Bonchev–Trinajstić information content (AvgIpc) is 3.01. The number of hydrogen-bond acceptors (Lipinski definition) is 4. The zero-order valence-electron chi connectivity index (χ0n) is 12.2. The maximum absolute atomic E-state index is 12.5. The lowest BCUT2D eigenvalue weighted by atomic mass is 10.1. The van der Waals surface area contributed by atoms with Crippen molar-refractivity contribution in [1.29, 1.82) is 0 Å². The molecule has 2 aromatic heterocycles. The van der Waals surface area contributed by atoms with Crippen LogP contribution >= 0.6 is 12.4 Å². The van der Waals surface area contributed by atoms with E-state index >= 15 is 0 Å². The van der Waals surface area contributed by atoms with E-state index in [2.05, 4.69) is 10.3 Å². The summed E-state index contributed by atoms with van der Waals surface area (Å²) < 4.78 is 5.23. The molecule has 1 aliphatic heterocycles. The second kappa shape index (κ2) is 6.81. The Kier molecular flexibility index (Phi) is 5.05. The van der Waals surface area contributed by atoms with Crippen LogP contribution in [-0.4, -0.2) is 41.5 Å². The lowest BCUT2D eigenvalue weighted by molar-refractivity contribution is 0.0654. The largest absolute Gasteiger partial charge is 0.463 e. The molecule has 3 rings (SSSR count). The molecule has 1 fully saturated rings. The molecule has 1 atom stereocenters. The number of rotatable bonds is 2. The van der Waals surface area contributed by atoms with Crippen molar-refractivity contribution < 1.29 is 9.21 Å². The third-order valence-corrected chi connectivity index (χ3v) is 3.69. The van der Waals surface area contributed by atoms with Gasteiger partial charge in [0.15, 0.2) is 0 Å². The molecule has 7 heteroatoms. The van der Waals surface area contributed by atoms with E-state index in [1.807, 2.05) is 6.92 Å². The zero-order chi connectivity index (χ0) is 14.8. The van der Waals surface area contributed by atoms with Crippen LogP contribution in [0.15, 0.2) is 39.7 Å². The van der Waals surface area contributed by atoms with Crippen LogP contribution in [0.1, 0.15) is 17.3 Å². The van der Waals surface area contributed by atoms with Gasteiger partial charge in [0.05, 0.1) is 12.0 Å². The van der Waals surface area contributed by atoms with Crippen LogP contribution in [0.5, 0.6) is 0 Å². The van der Waals surface area contributed by atoms with E-state index in [4.69, 9.17) is 4.42 Å². The first-order valence-corrected chi connectivity index (χ1v) is 6.95. The number of nitrogens with zero attached hydrogens (tertiary/aromatic N) is 1. The van der Waals surface area contributed by atoms with Crippen molar-refractivity contribution in [3.63, 3.8) is 0 Å². The fraction of sp³-hybridized carbons (Fsp3) is 0.333. The molecule has 1 amide bonds. The van der Waals surface area contributed by atoms with Crippen molar-refractivity contribution in [2.45, 2.75) is 13.0 Å². The van der Waals surface area contributed by atoms with Crippen LogP contribution in [0.2, 0.25) is 0 Å². The second-order valence-corrected chi connectivity index (χ2v) is 5.14. The molecule has 0 unspecified atom stereocenters. The van der Waals surface area contributed by atoms with Crippen LogP contribution in [-0.2, 0) is 0 Å². The molecule has 3 heterocycles. The number of pyridine rings is 1. The third kappa shape index (κ3) is 3.08. The number of piperazine rings is 1. The van der Waals surface area contributed by atoms with Gasteiger partial charge in [0.1, 0.15) is 11.3 Å². The van der Waals surface area contributed by atoms with Crippen molar-refractivity contribution in [3.05, 3.63) is 46.4 Å². The minimum atomic E-state index is -0.389. The van der Waals surface area contributed by atoms with Crippen molar-refractivity contribution in [2.24, 2.45) is 0 Å². The smallest absolute Gasteiger partial charge is 0.261 e. The Morgan fingerprint density at radius 2 is 2.18 bits per heavy atom. The predicted octanol–water partition coefficient (Wildman–Crippen LogP) is 1.49. The van der Waals surface area contributed by atoms with Gasteiger partial charge in [-0.25, -0.2) is 0 Å². The van der Waals surface area contributed by atoms with Gasteiger partial charge in [-0.05, 0) is 31.2 Å². The number of furan rings is 1. The van der Waals surface area contributed by atoms with Gasteiger partial charge < -0.3 is 19.6 Å². The summed E-state index contributed by atoms with van der Waals surface area (Å²) in [6, 6.07) is 6.84. The molecule has 2 N–H and O–H groups in total. The monoisotopic (exact) mass is 323 g/mol. The minimum absolute atomic E-state index is 0. The quantitative estimate of drug-likeness (QED) is 0.877. The third-order valence-electron chi connectivity index (χ3n) is 3.69. The van der Waals surface area contributed by atoms with Gasteiger partial charge in [0.25, 0.3) is 11.5 Å². The van der Waals surface area contributed by atoms with Crippen molar-refractivity contribution in [2.75, 3.05) is 19.6 Å². The maximum atomic E-state index is 12.5. The summed E-state index contributed by atoms with van der Waals surface area (Å²) in [5.74, 6) is 0.345. The average molecular weight is 324 g/mol. The van der Waals surface area contributed by atoms with Crippen LogP contribution in [0.25, 0.3) is 11.5 Å². The fourth-order valence-corrected chi connectivity index (χ4v) is 2.52. The highest BCUT2D eigenvalue weighted by molar-refractivity contribution is 5.94. The van der Waals surface area contributed by atoms with Crippen molar-refractivity contribution in [1.82, 2.24) is 15.2 Å². The van der Waals surface area contributed by atoms with Crippen LogP contribution < -0.4 is 10.9 Å². The summed E-state index contributed by atoms with van der Waals surface area (Å²) in [5.41, 5.74) is 0.341. The highest BCUT2D eigenvalue weighted by Gasteiger charge is 2.25. The first kappa shape index (κ1) is 16.3. The van der Waals surface area contributed by atoms with Gasteiger partial charge in [-0.3, -0.25) is 9.59 Å². The molecule has 118 valence electrons. The number of hydrogen-bond donors (Lipinski definition) is 2. The van der Waals surface area contributed by atoms with E-state index in [1.54, 1.807) is 29.2 Å². The molecule has 22 heavy (non-hydrogen) atoms. The van der Waals surface area contributed by atoms with Crippen molar-refractivity contribution in [3.8, 4) is 11.5 Å². The van der Waals surface area contributed by atoms with E-state index in [0.717, 1.165) is 13.1 Å². The Bertz CT molecular complexity index is 696. The van der Waals surface area contributed by atoms with Gasteiger partial charge in [-0.1, -0.05) is 0 Å². The molecular weight excluding hydrogens is 306 g/mol. The number of halogens is 1.